The summed E-state index contributed by atoms with van der Waals surface area (Å²) in [6.07, 6.45) is 9.19. The maximum Gasteiger partial charge on any atom is 0.0880 e. The van der Waals surface area contributed by atoms with Crippen LogP contribution in [0.5, 0.6) is 0 Å². The van der Waals surface area contributed by atoms with Crippen LogP contribution in [-0.4, -0.2) is 46.7 Å². The molecule has 0 radical (unpaired) electrons. The summed E-state index contributed by atoms with van der Waals surface area (Å²) in [7, 11) is 0. The lowest BCUT2D eigenvalue weighted by atomic mass is 9.41. The van der Waals surface area contributed by atoms with Crippen molar-refractivity contribution in [2.45, 2.75) is 137 Å². The Kier molecular flexibility index (Phi) is 5.22. The predicted octanol–water partition coefficient (Wildman–Crippen LogP) is 5.55. The third-order valence-electron chi connectivity index (χ3n) is 13.7. The highest BCUT2D eigenvalue weighted by Gasteiger charge is 2.84. The molecule has 4 unspecified atom stereocenters. The smallest absolute Gasteiger partial charge is 0.0880 e. The molecule has 0 amide bonds. The average molecular weight is 488 g/mol. The molecule has 6 rings (SSSR count). The molecule has 0 aromatic heterocycles. The van der Waals surface area contributed by atoms with Crippen molar-refractivity contribution >= 4 is 0 Å². The number of rotatable bonds is 2. The zero-order valence-electron chi connectivity index (χ0n) is 23.8. The Balaban J connectivity index is 1.32. The molecule has 200 valence electrons. The molecule has 2 spiro atoms. The van der Waals surface area contributed by atoms with Crippen molar-refractivity contribution in [2.24, 2.45) is 50.7 Å². The second-order valence-corrected chi connectivity index (χ2v) is 16.3. The van der Waals surface area contributed by atoms with E-state index in [1.165, 1.54) is 38.5 Å². The molecule has 0 aromatic rings. The van der Waals surface area contributed by atoms with Crippen LogP contribution in [0.4, 0.5) is 0 Å². The monoisotopic (exact) mass is 487 g/mol. The maximum atomic E-state index is 12.2. The molecule has 4 nitrogen and oxygen atoms in total. The normalized spacial score (nSPS) is 58.5. The van der Waals surface area contributed by atoms with Gasteiger partial charge in [0.1, 0.15) is 0 Å². The van der Waals surface area contributed by atoms with Crippen LogP contribution in [0.25, 0.3) is 0 Å². The summed E-state index contributed by atoms with van der Waals surface area (Å²) >= 11 is 0. The van der Waals surface area contributed by atoms with Gasteiger partial charge in [-0.2, -0.15) is 0 Å². The third kappa shape index (κ3) is 2.95. The van der Waals surface area contributed by atoms with Crippen LogP contribution in [0.2, 0.25) is 0 Å². The molecule has 5 aliphatic carbocycles. The largest absolute Gasteiger partial charge is 0.393 e. The first-order chi connectivity index (χ1) is 16.1. The van der Waals surface area contributed by atoms with Gasteiger partial charge in [0.25, 0.3) is 0 Å². The second kappa shape index (κ2) is 7.27. The second-order valence-electron chi connectivity index (χ2n) is 16.3. The first-order valence-electron chi connectivity index (χ1n) is 14.9. The molecular weight excluding hydrogens is 434 g/mol. The Morgan fingerprint density at radius 1 is 0.914 bits per heavy atom. The van der Waals surface area contributed by atoms with Gasteiger partial charge < -0.3 is 20.3 Å². The van der Waals surface area contributed by atoms with Crippen molar-refractivity contribution < 1.29 is 14.9 Å². The highest BCUT2D eigenvalue weighted by atomic mass is 16.5. The van der Waals surface area contributed by atoms with Crippen molar-refractivity contribution in [1.29, 1.82) is 0 Å². The first kappa shape index (κ1) is 25.1. The van der Waals surface area contributed by atoms with E-state index in [2.05, 4.69) is 60.7 Å². The highest BCUT2D eigenvalue weighted by Crippen LogP contribution is 2.89. The summed E-state index contributed by atoms with van der Waals surface area (Å²) in [5, 5.41) is 26.8. The Bertz CT molecular complexity index is 881. The van der Waals surface area contributed by atoms with Crippen LogP contribution >= 0.6 is 0 Å². The number of aliphatic hydroxyl groups excluding tert-OH is 2. The minimum Gasteiger partial charge on any atom is -0.393 e. The molecule has 1 heterocycles. The van der Waals surface area contributed by atoms with E-state index in [1.807, 2.05) is 0 Å². The molecular formula is C31H53NO3. The van der Waals surface area contributed by atoms with E-state index in [0.717, 1.165) is 19.4 Å². The van der Waals surface area contributed by atoms with Gasteiger partial charge in [-0.3, -0.25) is 0 Å². The van der Waals surface area contributed by atoms with Gasteiger partial charge in [0.15, 0.2) is 0 Å². The van der Waals surface area contributed by atoms with Crippen LogP contribution in [0.3, 0.4) is 0 Å². The lowest BCUT2D eigenvalue weighted by molar-refractivity contribution is -0.182. The van der Waals surface area contributed by atoms with Crippen LogP contribution in [0, 0.1) is 50.7 Å². The summed E-state index contributed by atoms with van der Waals surface area (Å²) in [6.45, 7) is 19.7. The fraction of sp³-hybridized carbons (Fsp3) is 1.00. The Morgan fingerprint density at radius 2 is 1.57 bits per heavy atom. The lowest BCUT2D eigenvalue weighted by Crippen LogP contribution is -2.59. The van der Waals surface area contributed by atoms with Crippen LogP contribution in [0.1, 0.15) is 107 Å². The fourth-order valence-corrected chi connectivity index (χ4v) is 11.9. The van der Waals surface area contributed by atoms with E-state index in [9.17, 15) is 10.2 Å². The van der Waals surface area contributed by atoms with Crippen molar-refractivity contribution in [1.82, 2.24) is 5.32 Å². The molecule has 35 heavy (non-hydrogen) atoms. The van der Waals surface area contributed by atoms with E-state index >= 15 is 0 Å². The SMILES string of the molecule is C[C@@H]1CC(CNC(C)(C)C)OC2[C@H]1[C@@]1(C)CC[C@@]34C[C@@]35CCC(O)C(C)(C)[C@@H]5CCC4[C@]1(C)[C@H]2O. The average Bonchev–Trinajstić information content (AvgIpc) is 3.40. The number of hydrogen-bond donors (Lipinski definition) is 3. The topological polar surface area (TPSA) is 61.7 Å². The summed E-state index contributed by atoms with van der Waals surface area (Å²) < 4.78 is 6.84. The van der Waals surface area contributed by atoms with Crippen LogP contribution in [-0.2, 0) is 4.74 Å². The van der Waals surface area contributed by atoms with E-state index in [-0.39, 0.29) is 46.2 Å². The van der Waals surface area contributed by atoms with Crippen molar-refractivity contribution in [3.8, 4) is 0 Å². The summed E-state index contributed by atoms with van der Waals surface area (Å²) in [5.41, 5.74) is 0.928. The number of fused-ring (bicyclic) bond motifs is 4. The molecule has 6 fully saturated rings. The molecule has 6 aliphatic rings. The molecule has 1 saturated heterocycles. The van der Waals surface area contributed by atoms with Gasteiger partial charge in [-0.15, -0.1) is 0 Å². The van der Waals surface area contributed by atoms with Crippen molar-refractivity contribution in [3.05, 3.63) is 0 Å². The molecule has 3 N–H and O–H groups in total. The molecule has 5 saturated carbocycles. The minimum atomic E-state index is -0.379. The third-order valence-corrected chi connectivity index (χ3v) is 13.7. The summed E-state index contributed by atoms with van der Waals surface area (Å²) in [5.74, 6) is 2.23. The molecule has 4 heteroatoms. The van der Waals surface area contributed by atoms with Gasteiger partial charge in [0.2, 0.25) is 0 Å². The summed E-state index contributed by atoms with van der Waals surface area (Å²) in [6, 6.07) is 0. The van der Waals surface area contributed by atoms with E-state index < -0.39 is 0 Å². The molecule has 0 bridgehead atoms. The lowest BCUT2D eigenvalue weighted by Gasteiger charge is -2.63. The summed E-state index contributed by atoms with van der Waals surface area (Å²) in [4.78, 5) is 0. The van der Waals surface area contributed by atoms with E-state index in [4.69, 9.17) is 4.74 Å². The molecule has 1 aliphatic heterocycles. The standard InChI is InChI=1S/C31H53NO3/c1-18-15-19(16-32-26(2,3)4)35-24-23(18)28(7)13-14-31-17-30(31)12-11-22(33)27(5,6)20(30)9-10-21(31)29(28,8)25(24)34/h18-25,32-34H,9-17H2,1-8H3/t18-,19?,20+,21?,22?,23+,24?,25+,28-,29-,30-,31+/m1/s1. The predicted molar refractivity (Wildman–Crippen MR) is 140 cm³/mol. The fourth-order valence-electron chi connectivity index (χ4n) is 11.9. The van der Waals surface area contributed by atoms with Gasteiger partial charge in [0, 0.05) is 17.5 Å². The van der Waals surface area contributed by atoms with Crippen molar-refractivity contribution in [2.75, 3.05) is 6.54 Å². The highest BCUT2D eigenvalue weighted by molar-refractivity contribution is 5.32. The van der Waals surface area contributed by atoms with Gasteiger partial charge in [-0.05, 0) is 117 Å². The Hall–Kier alpha value is -0.160. The number of ether oxygens (including phenoxy) is 1. The Labute approximate surface area is 214 Å². The van der Waals surface area contributed by atoms with E-state index in [1.54, 1.807) is 0 Å². The molecule has 0 aromatic carbocycles. The van der Waals surface area contributed by atoms with Gasteiger partial charge in [-0.1, -0.05) is 34.6 Å². The number of hydrogen-bond acceptors (Lipinski definition) is 4. The minimum absolute atomic E-state index is 0.0154. The van der Waals surface area contributed by atoms with Crippen molar-refractivity contribution in [3.63, 3.8) is 0 Å². The Morgan fingerprint density at radius 3 is 2.26 bits per heavy atom. The van der Waals surface area contributed by atoms with Crippen LogP contribution < -0.4 is 5.32 Å². The zero-order valence-corrected chi connectivity index (χ0v) is 23.8. The number of nitrogens with one attached hydrogen (secondary N) is 1. The maximum absolute atomic E-state index is 12.2. The van der Waals surface area contributed by atoms with Gasteiger partial charge >= 0.3 is 0 Å². The van der Waals surface area contributed by atoms with Crippen LogP contribution in [0.15, 0.2) is 0 Å². The van der Waals surface area contributed by atoms with Gasteiger partial charge in [0.05, 0.1) is 24.4 Å². The molecule has 12 atom stereocenters. The van der Waals surface area contributed by atoms with E-state index in [0.29, 0.717) is 34.5 Å². The first-order valence-corrected chi connectivity index (χ1v) is 14.9. The zero-order chi connectivity index (χ0) is 25.4. The van der Waals surface area contributed by atoms with Gasteiger partial charge in [-0.25, -0.2) is 0 Å². The quantitative estimate of drug-likeness (QED) is 0.478. The number of aliphatic hydroxyl groups is 2.